The fourth-order valence-corrected chi connectivity index (χ4v) is 1.87. The van der Waals surface area contributed by atoms with Gasteiger partial charge in [0, 0.05) is 28.9 Å². The Morgan fingerprint density at radius 3 is 2.90 bits per heavy atom. The summed E-state index contributed by atoms with van der Waals surface area (Å²) in [6, 6.07) is 7.39. The van der Waals surface area contributed by atoms with Gasteiger partial charge in [0.15, 0.2) is 5.75 Å². The number of aromatic nitrogens is 1. The van der Waals surface area contributed by atoms with Crippen LogP contribution in [0.25, 0.3) is 0 Å². The molecule has 0 aliphatic heterocycles. The number of rotatable bonds is 5. The molecule has 0 atom stereocenters. The van der Waals surface area contributed by atoms with E-state index in [4.69, 9.17) is 27.5 Å². The minimum atomic E-state index is -0.555. The van der Waals surface area contributed by atoms with Crippen molar-refractivity contribution >= 4 is 23.1 Å². The highest BCUT2D eigenvalue weighted by atomic mass is 35.5. The number of nitrogens with two attached hydrogens (primary N) is 1. The Hall–Kier alpha value is -2.67. The summed E-state index contributed by atoms with van der Waals surface area (Å²) in [5.74, 6) is -0.152. The molecule has 0 spiro atoms. The average molecular weight is 307 g/mol. The Morgan fingerprint density at radius 1 is 1.48 bits per heavy atom. The van der Waals surface area contributed by atoms with Gasteiger partial charge in [-0.3, -0.25) is 20.5 Å². The number of nitrogens with zero attached hydrogens (tertiary/aromatic N) is 2. The number of hydrogen-bond acceptors (Lipinski definition) is 5. The van der Waals surface area contributed by atoms with Gasteiger partial charge in [-0.25, -0.2) is 0 Å². The van der Waals surface area contributed by atoms with Crippen molar-refractivity contribution in [3.8, 4) is 5.75 Å². The van der Waals surface area contributed by atoms with E-state index in [1.54, 1.807) is 12.1 Å². The number of ether oxygens (including phenoxy) is 1. The molecule has 0 radical (unpaired) electrons. The number of nitro groups is 1. The summed E-state index contributed by atoms with van der Waals surface area (Å²) >= 11 is 5.82. The molecule has 1 aromatic heterocycles. The zero-order valence-corrected chi connectivity index (χ0v) is 11.5. The maximum atomic E-state index is 10.9. The number of benzene rings is 1. The van der Waals surface area contributed by atoms with E-state index in [0.717, 1.165) is 0 Å². The molecule has 0 fully saturated rings. The Bertz CT molecular complexity index is 706. The van der Waals surface area contributed by atoms with Gasteiger partial charge in [-0.15, -0.1) is 0 Å². The molecule has 0 saturated carbocycles. The van der Waals surface area contributed by atoms with Gasteiger partial charge in [0.1, 0.15) is 18.1 Å². The molecule has 3 N–H and O–H groups in total. The third-order valence-corrected chi connectivity index (χ3v) is 2.88. The number of nitrogen functional groups attached to an aromatic ring is 1. The van der Waals surface area contributed by atoms with Gasteiger partial charge in [-0.2, -0.15) is 0 Å². The Kier molecular flexibility index (Phi) is 4.34. The lowest BCUT2D eigenvalue weighted by Gasteiger charge is -2.09. The lowest BCUT2D eigenvalue weighted by atomic mass is 10.2. The number of hydrogen-bond donors (Lipinski definition) is 2. The molecule has 108 valence electrons. The van der Waals surface area contributed by atoms with E-state index in [-0.39, 0.29) is 29.6 Å². The normalized spacial score (nSPS) is 10.1. The highest BCUT2D eigenvalue weighted by Gasteiger charge is 2.16. The van der Waals surface area contributed by atoms with Gasteiger partial charge in [-0.1, -0.05) is 17.7 Å². The van der Waals surface area contributed by atoms with Crippen LogP contribution in [0.15, 0.2) is 36.5 Å². The lowest BCUT2D eigenvalue weighted by Crippen LogP contribution is -2.16. The molecule has 0 aliphatic carbocycles. The van der Waals surface area contributed by atoms with Crippen LogP contribution < -0.4 is 10.5 Å². The zero-order chi connectivity index (χ0) is 15.4. The second kappa shape index (κ2) is 6.19. The van der Waals surface area contributed by atoms with Crippen molar-refractivity contribution in [1.29, 1.82) is 5.41 Å². The van der Waals surface area contributed by atoms with Gasteiger partial charge >= 0.3 is 5.69 Å². The minimum Gasteiger partial charge on any atom is -0.482 e. The molecule has 2 rings (SSSR count). The third kappa shape index (κ3) is 3.46. The van der Waals surface area contributed by atoms with Crippen molar-refractivity contribution in [3.63, 3.8) is 0 Å². The summed E-state index contributed by atoms with van der Waals surface area (Å²) in [4.78, 5) is 14.4. The minimum absolute atomic E-state index is 0.00998. The maximum Gasteiger partial charge on any atom is 0.311 e. The quantitative estimate of drug-likeness (QED) is 0.381. The summed E-state index contributed by atoms with van der Waals surface area (Å²) in [5, 5.41) is 18.7. The first kappa shape index (κ1) is 14.7. The Labute approximate surface area is 125 Å². The van der Waals surface area contributed by atoms with Crippen LogP contribution in [0.2, 0.25) is 5.02 Å². The standard InChI is InChI=1S/C13H11ClN4O3/c14-9-3-4-10(18(19)20)11(6-9)21-7-8-2-1-5-17-12(8)13(15)16/h1-6H,7H2,(H3,15,16). The van der Waals surface area contributed by atoms with Crippen LogP contribution in [0.5, 0.6) is 5.75 Å². The molecular weight excluding hydrogens is 296 g/mol. The van der Waals surface area contributed by atoms with Crippen LogP contribution in [0.4, 0.5) is 5.69 Å². The monoisotopic (exact) mass is 306 g/mol. The van der Waals surface area contributed by atoms with E-state index >= 15 is 0 Å². The fraction of sp³-hybridized carbons (Fsp3) is 0.0769. The van der Waals surface area contributed by atoms with Gasteiger partial charge in [-0.05, 0) is 12.1 Å². The van der Waals surface area contributed by atoms with E-state index in [1.807, 2.05) is 0 Å². The molecule has 0 aliphatic rings. The van der Waals surface area contributed by atoms with Crippen LogP contribution in [0, 0.1) is 15.5 Å². The molecule has 0 bridgehead atoms. The SMILES string of the molecule is N=C(N)c1ncccc1COc1cc(Cl)ccc1[N+](=O)[O-]. The predicted octanol–water partition coefficient (Wildman–Crippen LogP) is 2.51. The van der Waals surface area contributed by atoms with Gasteiger partial charge in [0.2, 0.25) is 0 Å². The molecule has 0 saturated heterocycles. The molecule has 0 amide bonds. The first-order chi connectivity index (χ1) is 9.99. The second-order valence-electron chi connectivity index (χ2n) is 4.08. The second-order valence-corrected chi connectivity index (χ2v) is 4.52. The van der Waals surface area contributed by atoms with Crippen molar-refractivity contribution in [1.82, 2.24) is 4.98 Å². The van der Waals surface area contributed by atoms with Crippen molar-refractivity contribution < 1.29 is 9.66 Å². The van der Waals surface area contributed by atoms with E-state index in [2.05, 4.69) is 4.98 Å². The lowest BCUT2D eigenvalue weighted by molar-refractivity contribution is -0.385. The largest absolute Gasteiger partial charge is 0.482 e. The fourth-order valence-electron chi connectivity index (χ4n) is 1.71. The molecule has 1 heterocycles. The summed E-state index contributed by atoms with van der Waals surface area (Å²) in [5.41, 5.74) is 6.07. The van der Waals surface area contributed by atoms with E-state index < -0.39 is 4.92 Å². The van der Waals surface area contributed by atoms with E-state index in [9.17, 15) is 10.1 Å². The molecular formula is C13H11ClN4O3. The van der Waals surface area contributed by atoms with Crippen LogP contribution in [-0.2, 0) is 6.61 Å². The predicted molar refractivity (Wildman–Crippen MR) is 77.7 cm³/mol. The number of nitro benzene ring substituents is 1. The summed E-state index contributed by atoms with van der Waals surface area (Å²) in [6.45, 7) is -0.00998. The van der Waals surface area contributed by atoms with Crippen molar-refractivity contribution in [3.05, 3.63) is 62.9 Å². The number of pyridine rings is 1. The maximum absolute atomic E-state index is 10.9. The number of amidine groups is 1. The Morgan fingerprint density at radius 2 is 2.24 bits per heavy atom. The highest BCUT2D eigenvalue weighted by molar-refractivity contribution is 6.30. The van der Waals surface area contributed by atoms with Crippen molar-refractivity contribution in [2.45, 2.75) is 6.61 Å². The first-order valence-corrected chi connectivity index (χ1v) is 6.22. The van der Waals surface area contributed by atoms with Crippen molar-refractivity contribution in [2.75, 3.05) is 0 Å². The molecule has 7 nitrogen and oxygen atoms in total. The molecule has 2 aromatic rings. The topological polar surface area (TPSA) is 115 Å². The van der Waals surface area contributed by atoms with Gasteiger partial charge in [0.05, 0.1) is 4.92 Å². The molecule has 0 unspecified atom stereocenters. The number of nitrogens with one attached hydrogen (secondary N) is 1. The van der Waals surface area contributed by atoms with E-state index in [0.29, 0.717) is 10.6 Å². The summed E-state index contributed by atoms with van der Waals surface area (Å²) in [7, 11) is 0. The van der Waals surface area contributed by atoms with E-state index in [1.165, 1.54) is 24.4 Å². The molecule has 1 aromatic carbocycles. The molecule has 8 heteroatoms. The van der Waals surface area contributed by atoms with Gasteiger partial charge < -0.3 is 10.5 Å². The first-order valence-electron chi connectivity index (χ1n) is 5.84. The summed E-state index contributed by atoms with van der Waals surface area (Å²) < 4.78 is 5.44. The smallest absolute Gasteiger partial charge is 0.311 e. The zero-order valence-electron chi connectivity index (χ0n) is 10.7. The van der Waals surface area contributed by atoms with Crippen molar-refractivity contribution in [2.24, 2.45) is 5.73 Å². The van der Waals surface area contributed by atoms with Crippen LogP contribution in [-0.4, -0.2) is 15.7 Å². The summed E-state index contributed by atoms with van der Waals surface area (Å²) in [6.07, 6.45) is 1.50. The highest BCUT2D eigenvalue weighted by Crippen LogP contribution is 2.30. The average Bonchev–Trinajstić information content (AvgIpc) is 2.45. The Balaban J connectivity index is 2.27. The van der Waals surface area contributed by atoms with Crippen LogP contribution in [0.1, 0.15) is 11.3 Å². The number of halogens is 1. The van der Waals surface area contributed by atoms with Crippen LogP contribution in [0.3, 0.4) is 0 Å². The van der Waals surface area contributed by atoms with Gasteiger partial charge in [0.25, 0.3) is 0 Å². The third-order valence-electron chi connectivity index (χ3n) is 2.65. The molecule has 21 heavy (non-hydrogen) atoms. The van der Waals surface area contributed by atoms with Crippen LogP contribution >= 0.6 is 11.6 Å².